The predicted octanol–water partition coefficient (Wildman–Crippen LogP) is 0.259. The van der Waals surface area contributed by atoms with Gasteiger partial charge < -0.3 is 10.2 Å². The maximum Gasteiger partial charge on any atom is 0.223 e. The van der Waals surface area contributed by atoms with E-state index in [4.69, 9.17) is 0 Å². The molecule has 1 amide bonds. The van der Waals surface area contributed by atoms with Gasteiger partial charge in [0.1, 0.15) is 0 Å². The van der Waals surface area contributed by atoms with Gasteiger partial charge in [-0.15, -0.1) is 0 Å². The number of carbonyl (C=O) groups is 1. The molecule has 122 valence electrons. The molecule has 0 radical (unpaired) electrons. The molecule has 21 heavy (non-hydrogen) atoms. The second kappa shape index (κ2) is 7.07. The molecule has 2 heterocycles. The van der Waals surface area contributed by atoms with E-state index in [-0.39, 0.29) is 17.6 Å². The highest BCUT2D eigenvalue weighted by molar-refractivity contribution is 7.89. The van der Waals surface area contributed by atoms with Crippen molar-refractivity contribution in [2.75, 3.05) is 39.0 Å². The first kappa shape index (κ1) is 16.7. The molecule has 2 saturated heterocycles. The van der Waals surface area contributed by atoms with Crippen molar-refractivity contribution in [2.24, 2.45) is 5.92 Å². The molecule has 2 aliphatic heterocycles. The van der Waals surface area contributed by atoms with Gasteiger partial charge in [0.2, 0.25) is 15.9 Å². The van der Waals surface area contributed by atoms with Gasteiger partial charge in [-0.2, -0.15) is 0 Å². The molecule has 6 nitrogen and oxygen atoms in total. The van der Waals surface area contributed by atoms with Crippen LogP contribution in [0.3, 0.4) is 0 Å². The number of rotatable bonds is 5. The van der Waals surface area contributed by atoms with Crippen LogP contribution in [0, 0.1) is 5.92 Å². The molecule has 2 aliphatic rings. The summed E-state index contributed by atoms with van der Waals surface area (Å²) in [6.07, 6.45) is 3.60. The minimum atomic E-state index is -3.11. The molecule has 0 saturated carbocycles. The SMILES string of the molecule is CCS(=O)(=O)N1CCC(C(=O)NC[C@H]2CCCN2C)CC1. The molecule has 0 aromatic carbocycles. The summed E-state index contributed by atoms with van der Waals surface area (Å²) in [7, 11) is -1.01. The van der Waals surface area contributed by atoms with E-state index in [0.29, 0.717) is 38.5 Å². The summed E-state index contributed by atoms with van der Waals surface area (Å²) in [5.41, 5.74) is 0. The van der Waals surface area contributed by atoms with Crippen LogP contribution in [-0.2, 0) is 14.8 Å². The molecular weight excluding hydrogens is 290 g/mol. The number of piperidine rings is 1. The van der Waals surface area contributed by atoms with Gasteiger partial charge in [-0.3, -0.25) is 4.79 Å². The fraction of sp³-hybridized carbons (Fsp3) is 0.929. The summed E-state index contributed by atoms with van der Waals surface area (Å²) >= 11 is 0. The number of amides is 1. The van der Waals surface area contributed by atoms with Gasteiger partial charge in [-0.1, -0.05) is 0 Å². The normalized spacial score (nSPS) is 26.1. The van der Waals surface area contributed by atoms with Crippen LogP contribution in [0.5, 0.6) is 0 Å². The fourth-order valence-corrected chi connectivity index (χ4v) is 4.31. The largest absolute Gasteiger partial charge is 0.354 e. The lowest BCUT2D eigenvalue weighted by molar-refractivity contribution is -0.126. The van der Waals surface area contributed by atoms with Gasteiger partial charge >= 0.3 is 0 Å². The van der Waals surface area contributed by atoms with Crippen molar-refractivity contribution in [1.29, 1.82) is 0 Å². The minimum absolute atomic E-state index is 0.0417. The highest BCUT2D eigenvalue weighted by Gasteiger charge is 2.30. The Balaban J connectivity index is 1.75. The average Bonchev–Trinajstić information content (AvgIpc) is 2.90. The topological polar surface area (TPSA) is 69.7 Å². The molecule has 0 bridgehead atoms. The number of carbonyl (C=O) groups excluding carboxylic acids is 1. The Bertz CT molecular complexity index is 458. The summed E-state index contributed by atoms with van der Waals surface area (Å²) in [5.74, 6) is 0.182. The third kappa shape index (κ3) is 4.17. The van der Waals surface area contributed by atoms with Crippen molar-refractivity contribution in [3.8, 4) is 0 Å². The second-order valence-electron chi connectivity index (χ2n) is 6.10. The highest BCUT2D eigenvalue weighted by atomic mass is 32.2. The molecule has 1 N–H and O–H groups in total. The molecule has 0 aliphatic carbocycles. The third-order valence-electron chi connectivity index (χ3n) is 4.77. The van der Waals surface area contributed by atoms with Crippen LogP contribution in [-0.4, -0.2) is 68.6 Å². The van der Waals surface area contributed by atoms with E-state index in [1.807, 2.05) is 0 Å². The van der Waals surface area contributed by atoms with Crippen molar-refractivity contribution in [1.82, 2.24) is 14.5 Å². The number of hydrogen-bond donors (Lipinski definition) is 1. The number of nitrogens with zero attached hydrogens (tertiary/aromatic N) is 2. The quantitative estimate of drug-likeness (QED) is 0.789. The van der Waals surface area contributed by atoms with Crippen LogP contribution in [0.15, 0.2) is 0 Å². The zero-order chi connectivity index (χ0) is 15.5. The van der Waals surface area contributed by atoms with E-state index in [0.717, 1.165) is 13.0 Å². The zero-order valence-corrected chi connectivity index (χ0v) is 13.9. The predicted molar refractivity (Wildman–Crippen MR) is 82.4 cm³/mol. The molecular formula is C14H27N3O3S. The molecule has 7 heteroatoms. The molecule has 0 aromatic heterocycles. The van der Waals surface area contributed by atoms with Gasteiger partial charge in [-0.05, 0) is 46.2 Å². The van der Waals surface area contributed by atoms with E-state index >= 15 is 0 Å². The lowest BCUT2D eigenvalue weighted by atomic mass is 9.97. The van der Waals surface area contributed by atoms with Gasteiger partial charge in [0, 0.05) is 31.6 Å². The first-order chi connectivity index (χ1) is 9.94. The van der Waals surface area contributed by atoms with E-state index in [2.05, 4.69) is 17.3 Å². The van der Waals surface area contributed by atoms with Gasteiger partial charge in [0.25, 0.3) is 0 Å². The zero-order valence-electron chi connectivity index (χ0n) is 13.0. The first-order valence-corrected chi connectivity index (χ1v) is 9.50. The summed E-state index contributed by atoms with van der Waals surface area (Å²) in [6.45, 7) is 4.41. The van der Waals surface area contributed by atoms with E-state index in [1.54, 1.807) is 6.92 Å². The molecule has 1 atom stereocenters. The van der Waals surface area contributed by atoms with Crippen LogP contribution < -0.4 is 5.32 Å². The smallest absolute Gasteiger partial charge is 0.223 e. The third-order valence-corrected chi connectivity index (χ3v) is 6.65. The van der Waals surface area contributed by atoms with E-state index in [9.17, 15) is 13.2 Å². The maximum absolute atomic E-state index is 12.2. The Morgan fingerprint density at radius 3 is 2.38 bits per heavy atom. The van der Waals surface area contributed by atoms with Crippen LogP contribution in [0.1, 0.15) is 32.6 Å². The summed E-state index contributed by atoms with van der Waals surface area (Å²) < 4.78 is 25.1. The van der Waals surface area contributed by atoms with E-state index < -0.39 is 10.0 Å². The van der Waals surface area contributed by atoms with Crippen LogP contribution in [0.4, 0.5) is 0 Å². The Morgan fingerprint density at radius 2 is 1.86 bits per heavy atom. The standard InChI is InChI=1S/C14H27N3O3S/c1-3-21(19,20)17-9-6-12(7-10-17)14(18)15-11-13-5-4-8-16(13)2/h12-13H,3-11H2,1-2H3,(H,15,18)/t13-/m1/s1. The van der Waals surface area contributed by atoms with Crippen molar-refractivity contribution in [3.63, 3.8) is 0 Å². The van der Waals surface area contributed by atoms with Crippen molar-refractivity contribution < 1.29 is 13.2 Å². The lowest BCUT2D eigenvalue weighted by Crippen LogP contribution is -2.45. The van der Waals surface area contributed by atoms with Gasteiger partial charge in [0.15, 0.2) is 0 Å². The van der Waals surface area contributed by atoms with Crippen LogP contribution in [0.25, 0.3) is 0 Å². The second-order valence-corrected chi connectivity index (χ2v) is 8.35. The molecule has 2 rings (SSSR count). The van der Waals surface area contributed by atoms with E-state index in [1.165, 1.54) is 10.7 Å². The van der Waals surface area contributed by atoms with Crippen molar-refractivity contribution in [2.45, 2.75) is 38.6 Å². The Labute approximate surface area is 127 Å². The number of nitrogens with one attached hydrogen (secondary N) is 1. The van der Waals surface area contributed by atoms with Crippen molar-refractivity contribution in [3.05, 3.63) is 0 Å². The maximum atomic E-state index is 12.2. The Kier molecular flexibility index (Phi) is 5.62. The summed E-state index contributed by atoms with van der Waals surface area (Å²) in [6, 6.07) is 0.453. The first-order valence-electron chi connectivity index (χ1n) is 7.90. The molecule has 2 fully saturated rings. The average molecular weight is 317 g/mol. The highest BCUT2D eigenvalue weighted by Crippen LogP contribution is 2.20. The number of hydrogen-bond acceptors (Lipinski definition) is 4. The molecule has 0 spiro atoms. The Morgan fingerprint density at radius 1 is 1.19 bits per heavy atom. The number of likely N-dealkylation sites (N-methyl/N-ethyl adjacent to an activating group) is 1. The number of sulfonamides is 1. The van der Waals surface area contributed by atoms with Crippen molar-refractivity contribution >= 4 is 15.9 Å². The summed E-state index contributed by atoms with van der Waals surface area (Å²) in [4.78, 5) is 14.5. The number of likely N-dealkylation sites (tertiary alicyclic amines) is 1. The summed E-state index contributed by atoms with van der Waals surface area (Å²) in [5, 5.41) is 3.04. The van der Waals surface area contributed by atoms with Crippen LogP contribution in [0.2, 0.25) is 0 Å². The van der Waals surface area contributed by atoms with Gasteiger partial charge in [0.05, 0.1) is 5.75 Å². The molecule has 0 unspecified atom stereocenters. The van der Waals surface area contributed by atoms with Gasteiger partial charge in [-0.25, -0.2) is 12.7 Å². The minimum Gasteiger partial charge on any atom is -0.354 e. The Hall–Kier alpha value is -0.660. The van der Waals surface area contributed by atoms with Crippen LogP contribution >= 0.6 is 0 Å². The lowest BCUT2D eigenvalue weighted by Gasteiger charge is -2.30. The monoisotopic (exact) mass is 317 g/mol. The fourth-order valence-electron chi connectivity index (χ4n) is 3.18. The molecule has 0 aromatic rings.